The molecule has 0 saturated carbocycles. The number of ether oxygens (including phenoxy) is 1. The number of hydrogen-bond donors (Lipinski definition) is 1. The van der Waals surface area contributed by atoms with Gasteiger partial charge in [0.15, 0.2) is 11.6 Å². The first kappa shape index (κ1) is 13.5. The molecular weight excluding hydrogens is 248 g/mol. The molecule has 19 heavy (non-hydrogen) atoms. The summed E-state index contributed by atoms with van der Waals surface area (Å²) in [5.74, 6) is -0.594. The van der Waals surface area contributed by atoms with Gasteiger partial charge in [-0.1, -0.05) is 18.2 Å². The Morgan fingerprint density at radius 3 is 2.58 bits per heavy atom. The number of hydrogen-bond acceptors (Lipinski definition) is 2. The molecule has 0 saturated heterocycles. The van der Waals surface area contributed by atoms with Crippen LogP contribution >= 0.6 is 0 Å². The fourth-order valence-corrected chi connectivity index (χ4v) is 2.04. The zero-order chi connectivity index (χ0) is 13.8. The Hall–Kier alpha value is -1.94. The van der Waals surface area contributed by atoms with E-state index in [0.717, 1.165) is 0 Å². The molecule has 0 radical (unpaired) electrons. The Morgan fingerprint density at radius 2 is 1.89 bits per heavy atom. The van der Waals surface area contributed by atoms with Gasteiger partial charge in [0.25, 0.3) is 0 Å². The predicted octanol–water partition coefficient (Wildman–Crippen LogP) is 3.36. The summed E-state index contributed by atoms with van der Waals surface area (Å²) in [5.41, 5.74) is 1.77. The molecule has 0 aromatic heterocycles. The van der Waals surface area contributed by atoms with E-state index in [9.17, 15) is 8.78 Å². The van der Waals surface area contributed by atoms with E-state index in [1.54, 1.807) is 31.3 Å². The van der Waals surface area contributed by atoms with Gasteiger partial charge in [-0.25, -0.2) is 8.78 Å². The quantitative estimate of drug-likeness (QED) is 0.913. The summed E-state index contributed by atoms with van der Waals surface area (Å²) in [6.07, 6.45) is 0. The normalized spacial score (nSPS) is 10.5. The highest BCUT2D eigenvalue weighted by atomic mass is 19.1. The Morgan fingerprint density at radius 1 is 1.11 bits per heavy atom. The number of rotatable bonds is 4. The number of halogens is 2. The molecule has 0 spiro atoms. The van der Waals surface area contributed by atoms with Crippen LogP contribution < -0.4 is 10.1 Å². The predicted molar refractivity (Wildman–Crippen MR) is 71.1 cm³/mol. The highest BCUT2D eigenvalue weighted by molar-refractivity contribution is 5.69. The Balaban J connectivity index is 2.58. The molecule has 100 valence electrons. The Bertz CT molecular complexity index is 584. The van der Waals surface area contributed by atoms with Gasteiger partial charge in [0.05, 0.1) is 7.11 Å². The van der Waals surface area contributed by atoms with E-state index in [2.05, 4.69) is 5.32 Å². The molecule has 0 bridgehead atoms. The van der Waals surface area contributed by atoms with Crippen molar-refractivity contribution in [3.05, 3.63) is 53.6 Å². The van der Waals surface area contributed by atoms with Crippen LogP contribution in [-0.4, -0.2) is 14.2 Å². The van der Waals surface area contributed by atoms with E-state index in [1.807, 2.05) is 0 Å². The van der Waals surface area contributed by atoms with Crippen LogP contribution in [0, 0.1) is 11.6 Å². The molecule has 2 aromatic carbocycles. The summed E-state index contributed by atoms with van der Waals surface area (Å²) in [4.78, 5) is 0. The molecule has 2 rings (SSSR count). The van der Waals surface area contributed by atoms with Gasteiger partial charge < -0.3 is 10.1 Å². The maximum atomic E-state index is 14.2. The molecule has 4 heteroatoms. The van der Waals surface area contributed by atoms with Crippen molar-refractivity contribution in [2.45, 2.75) is 6.54 Å². The molecule has 0 aliphatic carbocycles. The second-order valence-electron chi connectivity index (χ2n) is 4.15. The lowest BCUT2D eigenvalue weighted by atomic mass is 9.98. The van der Waals surface area contributed by atoms with Crippen LogP contribution in [-0.2, 0) is 6.54 Å². The van der Waals surface area contributed by atoms with Crippen molar-refractivity contribution in [1.29, 1.82) is 0 Å². The molecule has 0 unspecified atom stereocenters. The van der Waals surface area contributed by atoms with Crippen LogP contribution in [0.3, 0.4) is 0 Å². The zero-order valence-corrected chi connectivity index (χ0v) is 10.8. The minimum Gasteiger partial charge on any atom is -0.494 e. The minimum absolute atomic E-state index is 0.178. The van der Waals surface area contributed by atoms with E-state index < -0.39 is 5.82 Å². The smallest absolute Gasteiger partial charge is 0.172 e. The fourth-order valence-electron chi connectivity index (χ4n) is 2.04. The average Bonchev–Trinajstić information content (AvgIpc) is 2.40. The van der Waals surface area contributed by atoms with Crippen molar-refractivity contribution in [3.8, 4) is 16.9 Å². The topological polar surface area (TPSA) is 21.3 Å². The number of nitrogens with one attached hydrogen (secondary N) is 1. The highest BCUT2D eigenvalue weighted by Gasteiger charge is 2.13. The lowest BCUT2D eigenvalue weighted by Crippen LogP contribution is -2.07. The largest absolute Gasteiger partial charge is 0.494 e. The molecule has 0 fully saturated rings. The fraction of sp³-hybridized carbons (Fsp3) is 0.200. The summed E-state index contributed by atoms with van der Waals surface area (Å²) in [6.45, 7) is 0.462. The number of methoxy groups -OCH3 is 1. The van der Waals surface area contributed by atoms with E-state index in [-0.39, 0.29) is 11.6 Å². The maximum Gasteiger partial charge on any atom is 0.172 e. The van der Waals surface area contributed by atoms with Crippen LogP contribution in [0.15, 0.2) is 36.4 Å². The molecule has 0 amide bonds. The first-order valence-corrected chi connectivity index (χ1v) is 5.93. The van der Waals surface area contributed by atoms with Gasteiger partial charge >= 0.3 is 0 Å². The Kier molecular flexibility index (Phi) is 4.12. The summed E-state index contributed by atoms with van der Waals surface area (Å²) in [5, 5.41) is 2.95. The van der Waals surface area contributed by atoms with Gasteiger partial charge in [-0.05, 0) is 36.4 Å². The van der Waals surface area contributed by atoms with Gasteiger partial charge in [-0.15, -0.1) is 0 Å². The maximum absolute atomic E-state index is 14.2. The van der Waals surface area contributed by atoms with E-state index in [0.29, 0.717) is 23.2 Å². The standard InChI is InChI=1S/C15H15F2NO/c1-18-9-10-8-11(16)6-7-12(10)13-4-3-5-14(19-2)15(13)17/h3-8,18H,9H2,1-2H3. The average molecular weight is 263 g/mol. The molecule has 0 aliphatic rings. The van der Waals surface area contributed by atoms with Crippen molar-refractivity contribution in [1.82, 2.24) is 5.32 Å². The monoisotopic (exact) mass is 263 g/mol. The zero-order valence-electron chi connectivity index (χ0n) is 10.8. The SMILES string of the molecule is CNCc1cc(F)ccc1-c1cccc(OC)c1F. The lowest BCUT2D eigenvalue weighted by Gasteiger charge is -2.12. The molecule has 0 heterocycles. The highest BCUT2D eigenvalue weighted by Crippen LogP contribution is 2.31. The van der Waals surface area contributed by atoms with Gasteiger partial charge in [-0.2, -0.15) is 0 Å². The summed E-state index contributed by atoms with van der Waals surface area (Å²) in [6, 6.07) is 9.24. The van der Waals surface area contributed by atoms with Gasteiger partial charge in [0.2, 0.25) is 0 Å². The first-order valence-electron chi connectivity index (χ1n) is 5.93. The van der Waals surface area contributed by atoms with E-state index in [4.69, 9.17) is 4.74 Å². The molecule has 2 nitrogen and oxygen atoms in total. The first-order chi connectivity index (χ1) is 9.17. The van der Waals surface area contributed by atoms with Crippen molar-refractivity contribution < 1.29 is 13.5 Å². The summed E-state index contributed by atoms with van der Waals surface area (Å²) >= 11 is 0. The molecule has 1 N–H and O–H groups in total. The van der Waals surface area contributed by atoms with Crippen LogP contribution in [0.5, 0.6) is 5.75 Å². The van der Waals surface area contributed by atoms with Gasteiger partial charge in [0, 0.05) is 12.1 Å². The third-order valence-electron chi connectivity index (χ3n) is 2.91. The van der Waals surface area contributed by atoms with E-state index in [1.165, 1.54) is 19.2 Å². The molecule has 0 aliphatic heterocycles. The van der Waals surface area contributed by atoms with Crippen molar-refractivity contribution in [2.75, 3.05) is 14.2 Å². The van der Waals surface area contributed by atoms with Crippen molar-refractivity contribution in [3.63, 3.8) is 0 Å². The minimum atomic E-state index is -0.436. The second kappa shape index (κ2) is 5.80. The van der Waals surface area contributed by atoms with Gasteiger partial charge in [0.1, 0.15) is 5.82 Å². The second-order valence-corrected chi connectivity index (χ2v) is 4.15. The Labute approximate surface area is 111 Å². The third-order valence-corrected chi connectivity index (χ3v) is 2.91. The summed E-state index contributed by atoms with van der Waals surface area (Å²) < 4.78 is 32.5. The van der Waals surface area contributed by atoms with Crippen LogP contribution in [0.1, 0.15) is 5.56 Å². The molecular formula is C15H15F2NO. The molecule has 2 aromatic rings. The lowest BCUT2D eigenvalue weighted by molar-refractivity contribution is 0.387. The van der Waals surface area contributed by atoms with Crippen LogP contribution in [0.25, 0.3) is 11.1 Å². The number of benzene rings is 2. The summed E-state index contributed by atoms with van der Waals surface area (Å²) in [7, 11) is 3.18. The van der Waals surface area contributed by atoms with Gasteiger partial charge in [-0.3, -0.25) is 0 Å². The third kappa shape index (κ3) is 2.74. The van der Waals surface area contributed by atoms with E-state index >= 15 is 0 Å². The van der Waals surface area contributed by atoms with Crippen LogP contribution in [0.4, 0.5) is 8.78 Å². The molecule has 0 atom stereocenters. The van der Waals surface area contributed by atoms with Crippen LogP contribution in [0.2, 0.25) is 0 Å². The van der Waals surface area contributed by atoms with Crippen molar-refractivity contribution in [2.24, 2.45) is 0 Å². The van der Waals surface area contributed by atoms with Crippen molar-refractivity contribution >= 4 is 0 Å².